The highest BCUT2D eigenvalue weighted by Gasteiger charge is 2.28. The summed E-state index contributed by atoms with van der Waals surface area (Å²) in [6.45, 7) is 4.86. The summed E-state index contributed by atoms with van der Waals surface area (Å²) in [6.07, 6.45) is 0.528. The Morgan fingerprint density at radius 1 is 1.32 bits per heavy atom. The molecule has 0 fully saturated rings. The second kappa shape index (κ2) is 8.71. The van der Waals surface area contributed by atoms with Crippen molar-refractivity contribution < 1.29 is 24.2 Å². The number of likely N-dealkylation sites (N-methyl/N-ethyl adjacent to an activating group) is 1. The summed E-state index contributed by atoms with van der Waals surface area (Å²) in [5, 5.41) is 9.03. The fourth-order valence-electron chi connectivity index (χ4n) is 2.89. The number of rotatable bonds is 8. The van der Waals surface area contributed by atoms with Crippen LogP contribution in [0.5, 0.6) is 11.5 Å². The minimum Gasteiger partial charge on any atom is -0.486 e. The van der Waals surface area contributed by atoms with E-state index in [4.69, 9.17) is 14.6 Å². The van der Waals surface area contributed by atoms with Gasteiger partial charge in [-0.1, -0.05) is 19.1 Å². The van der Waals surface area contributed by atoms with Gasteiger partial charge in [-0.05, 0) is 32.0 Å². The summed E-state index contributed by atoms with van der Waals surface area (Å²) in [6, 6.07) is 6.93. The van der Waals surface area contributed by atoms with Crippen LogP contribution in [0.15, 0.2) is 24.3 Å². The van der Waals surface area contributed by atoms with Crippen LogP contribution in [-0.2, 0) is 9.59 Å². The fraction of sp³-hybridized carbons (Fsp3) is 0.556. The Balaban J connectivity index is 1.94. The lowest BCUT2D eigenvalue weighted by Gasteiger charge is -2.33. The molecule has 1 aliphatic rings. The molecular formula is C18H26N2O5. The van der Waals surface area contributed by atoms with E-state index in [1.165, 1.54) is 0 Å². The van der Waals surface area contributed by atoms with Gasteiger partial charge in [0.15, 0.2) is 17.6 Å². The number of carbonyl (C=O) groups is 2. The zero-order valence-corrected chi connectivity index (χ0v) is 15.0. The molecule has 0 saturated heterocycles. The van der Waals surface area contributed by atoms with Crippen LogP contribution < -0.4 is 9.47 Å². The molecule has 1 aromatic rings. The van der Waals surface area contributed by atoms with Gasteiger partial charge in [0, 0.05) is 7.05 Å². The lowest BCUT2D eigenvalue weighted by molar-refractivity contribution is -0.142. The molecule has 1 aromatic carbocycles. The topological polar surface area (TPSA) is 79.3 Å². The summed E-state index contributed by atoms with van der Waals surface area (Å²) < 4.78 is 11.5. The van der Waals surface area contributed by atoms with Crippen molar-refractivity contribution >= 4 is 11.9 Å². The van der Waals surface area contributed by atoms with Gasteiger partial charge in [-0.15, -0.1) is 0 Å². The first-order chi connectivity index (χ1) is 11.9. The number of ether oxygens (including phenoxy) is 2. The van der Waals surface area contributed by atoms with E-state index in [1.54, 1.807) is 23.8 Å². The van der Waals surface area contributed by atoms with Crippen molar-refractivity contribution in [3.05, 3.63) is 24.3 Å². The molecule has 2 atom stereocenters. The molecule has 0 radical (unpaired) electrons. The van der Waals surface area contributed by atoms with Crippen LogP contribution in [0.4, 0.5) is 0 Å². The second-order valence-corrected chi connectivity index (χ2v) is 6.26. The van der Waals surface area contributed by atoms with E-state index < -0.39 is 12.0 Å². The van der Waals surface area contributed by atoms with Crippen LogP contribution >= 0.6 is 0 Å². The first-order valence-electron chi connectivity index (χ1n) is 8.51. The number of fused-ring (bicyclic) bond motifs is 1. The van der Waals surface area contributed by atoms with Gasteiger partial charge in [-0.25, -0.2) is 0 Å². The highest BCUT2D eigenvalue weighted by Crippen LogP contribution is 2.30. The molecule has 1 heterocycles. The van der Waals surface area contributed by atoms with E-state index in [0.29, 0.717) is 31.2 Å². The second-order valence-electron chi connectivity index (χ2n) is 6.26. The Hall–Kier alpha value is -2.28. The van der Waals surface area contributed by atoms with Gasteiger partial charge in [0.05, 0.1) is 19.1 Å². The molecule has 7 heteroatoms. The Kier molecular flexibility index (Phi) is 6.64. The van der Waals surface area contributed by atoms with Crippen molar-refractivity contribution in [2.45, 2.75) is 32.4 Å². The van der Waals surface area contributed by atoms with E-state index in [9.17, 15) is 9.59 Å². The van der Waals surface area contributed by atoms with E-state index in [2.05, 4.69) is 0 Å². The van der Waals surface area contributed by atoms with Crippen molar-refractivity contribution in [3.8, 4) is 11.5 Å². The zero-order chi connectivity index (χ0) is 18.4. The molecule has 0 bridgehead atoms. The van der Waals surface area contributed by atoms with Crippen molar-refractivity contribution in [1.82, 2.24) is 9.80 Å². The summed E-state index contributed by atoms with van der Waals surface area (Å²) in [5.74, 6) is 0.316. The molecule has 0 aromatic heterocycles. The zero-order valence-electron chi connectivity index (χ0n) is 15.0. The number of amides is 1. The number of hydrogen-bond acceptors (Lipinski definition) is 5. The molecule has 1 amide bonds. The van der Waals surface area contributed by atoms with Crippen molar-refractivity contribution in [2.75, 3.05) is 33.3 Å². The quantitative estimate of drug-likeness (QED) is 0.765. The molecule has 0 spiro atoms. The van der Waals surface area contributed by atoms with Crippen molar-refractivity contribution in [1.29, 1.82) is 0 Å². The van der Waals surface area contributed by atoms with Gasteiger partial charge in [-0.3, -0.25) is 14.5 Å². The Labute approximate surface area is 148 Å². The third kappa shape index (κ3) is 5.09. The van der Waals surface area contributed by atoms with E-state index in [1.807, 2.05) is 31.2 Å². The average molecular weight is 350 g/mol. The number of hydrogen-bond donors (Lipinski definition) is 1. The average Bonchev–Trinajstić information content (AvgIpc) is 2.59. The SMILES string of the molecule is CCCN(CC(=O)O)C(C)C(=O)N(C)CC1COc2ccccc2O1. The van der Waals surface area contributed by atoms with Gasteiger partial charge in [-0.2, -0.15) is 0 Å². The molecule has 138 valence electrons. The number of carbonyl (C=O) groups excluding carboxylic acids is 1. The largest absolute Gasteiger partial charge is 0.486 e. The number of para-hydroxylation sites is 2. The van der Waals surface area contributed by atoms with Crippen LogP contribution in [0.3, 0.4) is 0 Å². The minimum atomic E-state index is -0.934. The smallest absolute Gasteiger partial charge is 0.317 e. The Bertz CT molecular complexity index is 607. The number of benzene rings is 1. The summed E-state index contributed by atoms with van der Waals surface area (Å²) in [5.41, 5.74) is 0. The maximum absolute atomic E-state index is 12.7. The molecule has 2 rings (SSSR count). The van der Waals surface area contributed by atoms with E-state index >= 15 is 0 Å². The lowest BCUT2D eigenvalue weighted by atomic mass is 10.2. The predicted octanol–water partition coefficient (Wildman–Crippen LogP) is 1.47. The van der Waals surface area contributed by atoms with Gasteiger partial charge < -0.3 is 19.5 Å². The molecule has 7 nitrogen and oxygen atoms in total. The third-order valence-corrected chi connectivity index (χ3v) is 4.18. The molecule has 1 N–H and O–H groups in total. The standard InChI is InChI=1S/C18H26N2O5/c1-4-9-20(11-17(21)22)13(2)18(23)19(3)10-14-12-24-15-7-5-6-8-16(15)25-14/h5-8,13-14H,4,9-12H2,1-3H3,(H,21,22). The van der Waals surface area contributed by atoms with Crippen molar-refractivity contribution in [2.24, 2.45) is 0 Å². The molecule has 1 aliphatic heterocycles. The van der Waals surface area contributed by atoms with Crippen LogP contribution in [-0.4, -0.2) is 72.2 Å². The number of nitrogens with zero attached hydrogens (tertiary/aromatic N) is 2. The van der Waals surface area contributed by atoms with Gasteiger partial charge in [0.1, 0.15) is 6.61 Å². The summed E-state index contributed by atoms with van der Waals surface area (Å²) in [4.78, 5) is 26.9. The molecule has 2 unspecified atom stereocenters. The van der Waals surface area contributed by atoms with Crippen LogP contribution in [0.25, 0.3) is 0 Å². The monoisotopic (exact) mass is 350 g/mol. The number of carboxylic acids is 1. The molecule has 25 heavy (non-hydrogen) atoms. The first-order valence-corrected chi connectivity index (χ1v) is 8.51. The normalized spacial score (nSPS) is 17.2. The van der Waals surface area contributed by atoms with Gasteiger partial charge in [0.2, 0.25) is 5.91 Å². The lowest BCUT2D eigenvalue weighted by Crippen LogP contribution is -2.50. The van der Waals surface area contributed by atoms with E-state index in [0.717, 1.165) is 6.42 Å². The summed E-state index contributed by atoms with van der Waals surface area (Å²) >= 11 is 0. The third-order valence-electron chi connectivity index (χ3n) is 4.18. The van der Waals surface area contributed by atoms with Gasteiger partial charge in [0.25, 0.3) is 0 Å². The highest BCUT2D eigenvalue weighted by molar-refractivity contribution is 5.82. The number of carboxylic acid groups (broad SMARTS) is 1. The Morgan fingerprint density at radius 3 is 2.64 bits per heavy atom. The van der Waals surface area contributed by atoms with Crippen LogP contribution in [0.1, 0.15) is 20.3 Å². The fourth-order valence-corrected chi connectivity index (χ4v) is 2.89. The Morgan fingerprint density at radius 2 is 2.00 bits per heavy atom. The highest BCUT2D eigenvalue weighted by atomic mass is 16.6. The maximum Gasteiger partial charge on any atom is 0.317 e. The first kappa shape index (κ1) is 19.1. The number of aliphatic carboxylic acids is 1. The maximum atomic E-state index is 12.7. The van der Waals surface area contributed by atoms with E-state index in [-0.39, 0.29) is 18.6 Å². The predicted molar refractivity (Wildman–Crippen MR) is 93.0 cm³/mol. The van der Waals surface area contributed by atoms with Crippen molar-refractivity contribution in [3.63, 3.8) is 0 Å². The van der Waals surface area contributed by atoms with Gasteiger partial charge >= 0.3 is 5.97 Å². The van der Waals surface area contributed by atoms with Crippen LogP contribution in [0.2, 0.25) is 0 Å². The minimum absolute atomic E-state index is 0.128. The van der Waals surface area contributed by atoms with Crippen LogP contribution in [0, 0.1) is 0 Å². The molecular weight excluding hydrogens is 324 g/mol. The molecule has 0 saturated carbocycles. The molecule has 0 aliphatic carbocycles. The summed E-state index contributed by atoms with van der Waals surface area (Å²) in [7, 11) is 1.70.